The van der Waals surface area contributed by atoms with Crippen molar-refractivity contribution in [2.24, 2.45) is 0 Å². The molecule has 0 N–H and O–H groups in total. The van der Waals surface area contributed by atoms with Crippen LogP contribution in [0, 0.1) is 12.3 Å². The molecule has 0 aliphatic heterocycles. The van der Waals surface area contributed by atoms with Crippen LogP contribution in [0.2, 0.25) is 0 Å². The molecule has 2 heteroatoms. The third kappa shape index (κ3) is 3.51. The largest absolute Gasteiger partial charge is 0.475 e. The molecule has 0 aliphatic carbocycles. The molecule has 0 fully saturated rings. The highest BCUT2D eigenvalue weighted by atomic mass is 127. The molecular weight excluding hydrogens is 335 g/mol. The van der Waals surface area contributed by atoms with E-state index in [2.05, 4.69) is 40.6 Å². The predicted molar refractivity (Wildman–Crippen MR) is 82.8 cm³/mol. The number of terminal acetylenes is 1. The lowest BCUT2D eigenvalue weighted by Gasteiger charge is -2.13. The molecule has 1 unspecified atom stereocenters. The Morgan fingerprint density at radius 2 is 1.72 bits per heavy atom. The minimum atomic E-state index is 0.0160. The normalized spacial score (nSPS) is 11.6. The number of halogens is 1. The fourth-order valence-electron chi connectivity index (χ4n) is 1.60. The van der Waals surface area contributed by atoms with Gasteiger partial charge in [-0.3, -0.25) is 0 Å². The van der Waals surface area contributed by atoms with Gasteiger partial charge in [0.2, 0.25) is 0 Å². The van der Waals surface area contributed by atoms with Crippen LogP contribution in [0.4, 0.5) is 0 Å². The van der Waals surface area contributed by atoms with Crippen LogP contribution < -0.4 is 4.74 Å². The minimum absolute atomic E-state index is 0.0160. The molecule has 0 radical (unpaired) electrons. The molecule has 0 amide bonds. The van der Waals surface area contributed by atoms with Gasteiger partial charge in [-0.05, 0) is 40.3 Å². The number of alkyl halides is 1. The zero-order valence-corrected chi connectivity index (χ0v) is 12.0. The van der Waals surface area contributed by atoms with Crippen LogP contribution in [0.15, 0.2) is 54.6 Å². The number of rotatable bonds is 4. The first kappa shape index (κ1) is 13.0. The van der Waals surface area contributed by atoms with Gasteiger partial charge in [0, 0.05) is 12.0 Å². The van der Waals surface area contributed by atoms with E-state index >= 15 is 0 Å². The van der Waals surface area contributed by atoms with E-state index in [-0.39, 0.29) is 4.11 Å². The third-order valence-electron chi connectivity index (χ3n) is 2.53. The second kappa shape index (κ2) is 6.46. The summed E-state index contributed by atoms with van der Waals surface area (Å²) in [5, 5.41) is 0. The van der Waals surface area contributed by atoms with Gasteiger partial charge in [-0.2, -0.15) is 0 Å². The van der Waals surface area contributed by atoms with Crippen molar-refractivity contribution in [2.45, 2.75) is 10.5 Å². The first-order valence-electron chi connectivity index (χ1n) is 5.67. The van der Waals surface area contributed by atoms with E-state index in [4.69, 9.17) is 11.2 Å². The Labute approximate surface area is 121 Å². The van der Waals surface area contributed by atoms with E-state index in [1.807, 2.05) is 42.5 Å². The third-order valence-corrected chi connectivity index (χ3v) is 3.50. The molecule has 90 valence electrons. The summed E-state index contributed by atoms with van der Waals surface area (Å²) in [5.41, 5.74) is 2.29. The van der Waals surface area contributed by atoms with Crippen molar-refractivity contribution in [1.82, 2.24) is 0 Å². The SMILES string of the molecule is C#CCc1ccc(OC(I)c2ccccc2)cc1. The van der Waals surface area contributed by atoms with Gasteiger partial charge in [-0.1, -0.05) is 42.5 Å². The van der Waals surface area contributed by atoms with E-state index in [1.165, 1.54) is 0 Å². The molecule has 1 nitrogen and oxygen atoms in total. The van der Waals surface area contributed by atoms with Crippen LogP contribution in [-0.4, -0.2) is 0 Å². The molecule has 18 heavy (non-hydrogen) atoms. The molecular formula is C16H13IO. The van der Waals surface area contributed by atoms with Gasteiger partial charge in [-0.25, -0.2) is 0 Å². The van der Waals surface area contributed by atoms with Crippen LogP contribution in [0.3, 0.4) is 0 Å². The maximum Gasteiger partial charge on any atom is 0.174 e. The van der Waals surface area contributed by atoms with Gasteiger partial charge < -0.3 is 4.74 Å². The van der Waals surface area contributed by atoms with Crippen LogP contribution in [0.5, 0.6) is 5.75 Å². The molecule has 2 rings (SSSR count). The van der Waals surface area contributed by atoms with Crippen LogP contribution in [0.25, 0.3) is 0 Å². The molecule has 1 atom stereocenters. The highest BCUT2D eigenvalue weighted by Crippen LogP contribution is 2.27. The standard InChI is InChI=1S/C16H13IO/c1-2-6-13-9-11-15(12-10-13)18-16(17)14-7-4-3-5-8-14/h1,3-5,7-12,16H,6H2. The second-order valence-corrected chi connectivity index (χ2v) is 5.00. The van der Waals surface area contributed by atoms with Crippen LogP contribution >= 0.6 is 22.6 Å². The molecule has 2 aromatic carbocycles. The summed E-state index contributed by atoms with van der Waals surface area (Å²) in [6, 6.07) is 18.1. The minimum Gasteiger partial charge on any atom is -0.475 e. The Morgan fingerprint density at radius 3 is 2.33 bits per heavy atom. The van der Waals surface area contributed by atoms with E-state index in [0.29, 0.717) is 6.42 Å². The molecule has 0 spiro atoms. The topological polar surface area (TPSA) is 9.23 Å². The Balaban J connectivity index is 2.03. The van der Waals surface area contributed by atoms with E-state index in [1.54, 1.807) is 0 Å². The summed E-state index contributed by atoms with van der Waals surface area (Å²) in [5.74, 6) is 3.49. The zero-order valence-electron chi connectivity index (χ0n) is 9.84. The Bertz CT molecular complexity index is 525. The monoisotopic (exact) mass is 348 g/mol. The van der Waals surface area contributed by atoms with Crippen molar-refractivity contribution >= 4 is 22.6 Å². The lowest BCUT2D eigenvalue weighted by Crippen LogP contribution is -1.99. The van der Waals surface area contributed by atoms with Gasteiger partial charge in [0.1, 0.15) is 5.75 Å². The number of hydrogen-bond acceptors (Lipinski definition) is 1. The molecule has 0 aliphatic rings. The summed E-state index contributed by atoms with van der Waals surface area (Å²) in [7, 11) is 0. The first-order chi connectivity index (χ1) is 8.79. The molecule has 0 saturated heterocycles. The summed E-state index contributed by atoms with van der Waals surface area (Å²) in [4.78, 5) is 0. The molecule has 0 heterocycles. The van der Waals surface area contributed by atoms with Crippen LogP contribution in [-0.2, 0) is 6.42 Å². The quantitative estimate of drug-likeness (QED) is 0.453. The average Bonchev–Trinajstić information content (AvgIpc) is 2.42. The molecule has 0 aromatic heterocycles. The van der Waals surface area contributed by atoms with E-state index < -0.39 is 0 Å². The van der Waals surface area contributed by atoms with Crippen LogP contribution in [0.1, 0.15) is 15.2 Å². The number of hydrogen-bond donors (Lipinski definition) is 0. The highest BCUT2D eigenvalue weighted by molar-refractivity contribution is 14.1. The smallest absolute Gasteiger partial charge is 0.174 e. The summed E-state index contributed by atoms with van der Waals surface area (Å²) in [6.07, 6.45) is 5.93. The van der Waals surface area contributed by atoms with Gasteiger partial charge in [0.05, 0.1) is 0 Å². The van der Waals surface area contributed by atoms with Gasteiger partial charge in [-0.15, -0.1) is 12.3 Å². The summed E-state index contributed by atoms with van der Waals surface area (Å²) < 4.78 is 5.88. The lowest BCUT2D eigenvalue weighted by molar-refractivity contribution is 0.310. The fourth-order valence-corrected chi connectivity index (χ4v) is 2.30. The summed E-state index contributed by atoms with van der Waals surface area (Å²) in [6.45, 7) is 0. The molecule has 0 bridgehead atoms. The van der Waals surface area contributed by atoms with Gasteiger partial charge >= 0.3 is 0 Å². The van der Waals surface area contributed by atoms with Crippen molar-refractivity contribution < 1.29 is 4.74 Å². The Kier molecular flexibility index (Phi) is 4.66. The van der Waals surface area contributed by atoms with Gasteiger partial charge in [0.25, 0.3) is 0 Å². The maximum absolute atomic E-state index is 5.87. The van der Waals surface area contributed by atoms with Crippen molar-refractivity contribution in [3.05, 3.63) is 65.7 Å². The van der Waals surface area contributed by atoms with Crippen molar-refractivity contribution in [1.29, 1.82) is 0 Å². The predicted octanol–water partition coefficient (Wildman–Crippen LogP) is 4.37. The Hall–Kier alpha value is -1.47. The molecule has 0 saturated carbocycles. The Morgan fingerprint density at radius 1 is 1.06 bits per heavy atom. The molecule has 2 aromatic rings. The average molecular weight is 348 g/mol. The highest BCUT2D eigenvalue weighted by Gasteiger charge is 2.07. The van der Waals surface area contributed by atoms with E-state index in [9.17, 15) is 0 Å². The van der Waals surface area contributed by atoms with Crippen molar-refractivity contribution in [2.75, 3.05) is 0 Å². The number of ether oxygens (including phenoxy) is 1. The lowest BCUT2D eigenvalue weighted by atomic mass is 10.1. The fraction of sp³-hybridized carbons (Fsp3) is 0.125. The maximum atomic E-state index is 5.87. The van der Waals surface area contributed by atoms with Crippen molar-refractivity contribution in [3.63, 3.8) is 0 Å². The van der Waals surface area contributed by atoms with Crippen molar-refractivity contribution in [3.8, 4) is 18.1 Å². The second-order valence-electron chi connectivity index (χ2n) is 3.87. The summed E-state index contributed by atoms with van der Waals surface area (Å²) >= 11 is 2.28. The number of benzene rings is 2. The zero-order chi connectivity index (χ0) is 12.8. The first-order valence-corrected chi connectivity index (χ1v) is 6.92. The van der Waals surface area contributed by atoms with Gasteiger partial charge in [0.15, 0.2) is 4.11 Å². The van der Waals surface area contributed by atoms with E-state index in [0.717, 1.165) is 16.9 Å².